The number of benzene rings is 1. The molecule has 1 fully saturated rings. The van der Waals surface area contributed by atoms with Gasteiger partial charge in [0.1, 0.15) is 5.82 Å². The van der Waals surface area contributed by atoms with Crippen LogP contribution in [0.2, 0.25) is 0 Å². The average Bonchev–Trinajstić information content (AvgIpc) is 3.13. The zero-order valence-electron chi connectivity index (χ0n) is 11.5. The van der Waals surface area contributed by atoms with Crippen molar-refractivity contribution in [2.45, 2.75) is 32.9 Å². The number of hydrogen-bond acceptors (Lipinski definition) is 2. The first-order chi connectivity index (χ1) is 9.15. The Morgan fingerprint density at radius 1 is 1.42 bits per heavy atom. The van der Waals surface area contributed by atoms with Gasteiger partial charge in [0.25, 0.3) is 0 Å². The van der Waals surface area contributed by atoms with Crippen LogP contribution < -0.4 is 0 Å². The number of imidazole rings is 1. The first-order valence-corrected chi connectivity index (χ1v) is 6.81. The van der Waals surface area contributed by atoms with E-state index in [1.807, 2.05) is 25.2 Å². The van der Waals surface area contributed by atoms with Gasteiger partial charge in [-0.25, -0.2) is 4.98 Å². The lowest BCUT2D eigenvalue weighted by Crippen LogP contribution is -2.25. The van der Waals surface area contributed by atoms with Crippen molar-refractivity contribution in [2.24, 2.45) is 5.92 Å². The van der Waals surface area contributed by atoms with E-state index in [-0.39, 0.29) is 5.91 Å². The number of nitrogens with zero attached hydrogens (tertiary/aromatic N) is 3. The molecule has 0 saturated heterocycles. The highest BCUT2D eigenvalue weighted by molar-refractivity contribution is 5.76. The zero-order chi connectivity index (χ0) is 13.4. The Bertz CT molecular complexity index is 613. The Morgan fingerprint density at radius 2 is 2.16 bits per heavy atom. The van der Waals surface area contributed by atoms with Gasteiger partial charge >= 0.3 is 0 Å². The summed E-state index contributed by atoms with van der Waals surface area (Å²) < 4.78 is 2.28. The van der Waals surface area contributed by atoms with E-state index in [0.29, 0.717) is 6.54 Å². The lowest BCUT2D eigenvalue weighted by atomic mass is 10.3. The fourth-order valence-electron chi connectivity index (χ4n) is 2.33. The summed E-state index contributed by atoms with van der Waals surface area (Å²) in [6.07, 6.45) is 2.63. The van der Waals surface area contributed by atoms with E-state index < -0.39 is 0 Å². The van der Waals surface area contributed by atoms with E-state index in [0.717, 1.165) is 23.8 Å². The maximum Gasteiger partial charge on any atom is 0.219 e. The molecule has 1 aromatic carbocycles. The summed E-state index contributed by atoms with van der Waals surface area (Å²) in [6, 6.07) is 8.21. The minimum absolute atomic E-state index is 0.0741. The number of hydrogen-bond donors (Lipinski definition) is 0. The smallest absolute Gasteiger partial charge is 0.219 e. The number of fused-ring (bicyclic) bond motifs is 1. The summed E-state index contributed by atoms with van der Waals surface area (Å²) in [7, 11) is 1.82. The second-order valence-electron chi connectivity index (χ2n) is 5.45. The van der Waals surface area contributed by atoms with E-state index in [9.17, 15) is 4.79 Å². The molecular formula is C15H19N3O. The van der Waals surface area contributed by atoms with Crippen molar-refractivity contribution in [2.75, 3.05) is 7.05 Å². The Morgan fingerprint density at radius 3 is 2.84 bits per heavy atom. The van der Waals surface area contributed by atoms with E-state index in [4.69, 9.17) is 0 Å². The Kier molecular flexibility index (Phi) is 3.01. The molecule has 100 valence electrons. The average molecular weight is 257 g/mol. The lowest BCUT2D eigenvalue weighted by Gasteiger charge is -2.15. The first-order valence-electron chi connectivity index (χ1n) is 6.81. The fraction of sp³-hybridized carbons (Fsp3) is 0.467. The zero-order valence-corrected chi connectivity index (χ0v) is 11.5. The van der Waals surface area contributed by atoms with Crippen LogP contribution in [0.3, 0.4) is 0 Å². The summed E-state index contributed by atoms with van der Waals surface area (Å²) in [5.74, 6) is 1.86. The van der Waals surface area contributed by atoms with Crippen LogP contribution in [0, 0.1) is 5.92 Å². The highest BCUT2D eigenvalue weighted by Crippen LogP contribution is 2.32. The van der Waals surface area contributed by atoms with Crippen LogP contribution in [-0.4, -0.2) is 27.4 Å². The molecule has 0 N–H and O–H groups in total. The molecule has 3 rings (SSSR count). The monoisotopic (exact) mass is 257 g/mol. The van der Waals surface area contributed by atoms with Gasteiger partial charge in [-0.2, -0.15) is 0 Å². The van der Waals surface area contributed by atoms with Gasteiger partial charge < -0.3 is 9.47 Å². The topological polar surface area (TPSA) is 38.1 Å². The maximum absolute atomic E-state index is 11.4. The number of para-hydroxylation sites is 2. The molecule has 1 heterocycles. The molecule has 0 radical (unpaired) electrons. The van der Waals surface area contributed by atoms with Crippen molar-refractivity contribution in [3.63, 3.8) is 0 Å². The molecule has 1 saturated carbocycles. The molecule has 19 heavy (non-hydrogen) atoms. The molecule has 1 aromatic heterocycles. The quantitative estimate of drug-likeness (QED) is 0.843. The molecule has 4 nitrogen and oxygen atoms in total. The lowest BCUT2D eigenvalue weighted by molar-refractivity contribution is -0.128. The second kappa shape index (κ2) is 4.68. The van der Waals surface area contributed by atoms with E-state index in [1.165, 1.54) is 18.4 Å². The van der Waals surface area contributed by atoms with Crippen LogP contribution in [0.4, 0.5) is 0 Å². The molecule has 0 aliphatic heterocycles. The van der Waals surface area contributed by atoms with Crippen LogP contribution in [0.1, 0.15) is 25.6 Å². The van der Waals surface area contributed by atoms with Crippen LogP contribution in [0.25, 0.3) is 11.0 Å². The standard InChI is InChI=1S/C15H19N3O/c1-11(19)17(2)10-15-16-13-5-3-4-6-14(13)18(15)9-12-7-8-12/h3-6,12H,7-10H2,1-2H3. The Labute approximate surface area is 113 Å². The fourth-order valence-corrected chi connectivity index (χ4v) is 2.33. The predicted octanol–water partition coefficient (Wildman–Crippen LogP) is 2.42. The van der Waals surface area contributed by atoms with Crippen LogP contribution in [0.15, 0.2) is 24.3 Å². The summed E-state index contributed by atoms with van der Waals surface area (Å²) >= 11 is 0. The highest BCUT2D eigenvalue weighted by atomic mass is 16.2. The SMILES string of the molecule is CC(=O)N(C)Cc1nc2ccccc2n1CC1CC1. The normalized spacial score (nSPS) is 14.8. The van der Waals surface area contributed by atoms with Gasteiger partial charge in [0.2, 0.25) is 5.91 Å². The number of rotatable bonds is 4. The molecule has 1 aliphatic carbocycles. The minimum atomic E-state index is 0.0741. The largest absolute Gasteiger partial charge is 0.339 e. The van der Waals surface area contributed by atoms with Gasteiger partial charge in [-0.15, -0.1) is 0 Å². The third-order valence-electron chi connectivity index (χ3n) is 3.79. The molecule has 2 aromatic rings. The van der Waals surface area contributed by atoms with Crippen molar-refractivity contribution in [1.29, 1.82) is 0 Å². The second-order valence-corrected chi connectivity index (χ2v) is 5.45. The van der Waals surface area contributed by atoms with Gasteiger partial charge in [-0.05, 0) is 30.9 Å². The molecule has 0 bridgehead atoms. The summed E-state index contributed by atoms with van der Waals surface area (Å²) in [5, 5.41) is 0. The van der Waals surface area contributed by atoms with Gasteiger partial charge in [0.15, 0.2) is 0 Å². The Hall–Kier alpha value is -1.84. The van der Waals surface area contributed by atoms with Crippen LogP contribution in [0.5, 0.6) is 0 Å². The summed E-state index contributed by atoms with van der Waals surface area (Å²) in [6.45, 7) is 3.20. The minimum Gasteiger partial charge on any atom is -0.339 e. The van der Waals surface area contributed by atoms with Crippen molar-refractivity contribution >= 4 is 16.9 Å². The van der Waals surface area contributed by atoms with Crippen molar-refractivity contribution in [1.82, 2.24) is 14.5 Å². The van der Waals surface area contributed by atoms with Crippen LogP contribution >= 0.6 is 0 Å². The maximum atomic E-state index is 11.4. The number of aromatic nitrogens is 2. The summed E-state index contributed by atoms with van der Waals surface area (Å²) in [5.41, 5.74) is 2.21. The molecule has 0 spiro atoms. The number of carbonyl (C=O) groups is 1. The first kappa shape index (κ1) is 12.2. The van der Waals surface area contributed by atoms with Crippen LogP contribution in [-0.2, 0) is 17.9 Å². The van der Waals surface area contributed by atoms with Gasteiger partial charge in [-0.1, -0.05) is 12.1 Å². The van der Waals surface area contributed by atoms with Crippen molar-refractivity contribution in [3.8, 4) is 0 Å². The molecule has 0 unspecified atom stereocenters. The van der Waals surface area contributed by atoms with E-state index in [1.54, 1.807) is 11.8 Å². The van der Waals surface area contributed by atoms with E-state index in [2.05, 4.69) is 15.6 Å². The highest BCUT2D eigenvalue weighted by Gasteiger charge is 2.24. The Balaban J connectivity index is 1.98. The van der Waals surface area contributed by atoms with Gasteiger partial charge in [-0.3, -0.25) is 4.79 Å². The van der Waals surface area contributed by atoms with Gasteiger partial charge in [0.05, 0.1) is 17.6 Å². The molecule has 4 heteroatoms. The molecule has 1 aliphatic rings. The molecule has 0 atom stereocenters. The van der Waals surface area contributed by atoms with E-state index >= 15 is 0 Å². The molecular weight excluding hydrogens is 238 g/mol. The number of amides is 1. The van der Waals surface area contributed by atoms with Crippen molar-refractivity contribution < 1.29 is 4.79 Å². The predicted molar refractivity (Wildman–Crippen MR) is 74.6 cm³/mol. The van der Waals surface area contributed by atoms with Crippen molar-refractivity contribution in [3.05, 3.63) is 30.1 Å². The third kappa shape index (κ3) is 2.48. The number of carbonyl (C=O) groups excluding carboxylic acids is 1. The van der Waals surface area contributed by atoms with Gasteiger partial charge in [0, 0.05) is 20.5 Å². The third-order valence-corrected chi connectivity index (χ3v) is 3.79. The molecule has 1 amide bonds. The summed E-state index contributed by atoms with van der Waals surface area (Å²) in [4.78, 5) is 17.8.